The molecule has 0 saturated carbocycles. The maximum Gasteiger partial charge on any atom is 0.258 e. The topological polar surface area (TPSA) is 46.3 Å². The van der Waals surface area contributed by atoms with Crippen molar-refractivity contribution in [3.05, 3.63) is 59.1 Å². The summed E-state index contributed by atoms with van der Waals surface area (Å²) in [6, 6.07) is 14.0. The van der Waals surface area contributed by atoms with Gasteiger partial charge >= 0.3 is 0 Å². The number of carbonyl (C=O) groups is 1. The summed E-state index contributed by atoms with van der Waals surface area (Å²) in [5.74, 6) is -0.0858. The van der Waals surface area contributed by atoms with Crippen molar-refractivity contribution in [3.63, 3.8) is 0 Å². The largest absolute Gasteiger partial charge is 0.399 e. The highest BCUT2D eigenvalue weighted by molar-refractivity contribution is 6.30. The van der Waals surface area contributed by atoms with Crippen LogP contribution in [0.3, 0.4) is 0 Å². The molecular weight excluding hydrogens is 248 g/mol. The van der Waals surface area contributed by atoms with E-state index in [2.05, 4.69) is 0 Å². The minimum absolute atomic E-state index is 0.0858. The molecule has 2 aromatic rings. The number of benzene rings is 2. The summed E-state index contributed by atoms with van der Waals surface area (Å²) in [5.41, 5.74) is 7.62. The second-order valence-corrected chi connectivity index (χ2v) is 4.40. The Morgan fingerprint density at radius 3 is 2.17 bits per heavy atom. The molecule has 2 aromatic carbocycles. The summed E-state index contributed by atoms with van der Waals surface area (Å²) < 4.78 is 0. The van der Waals surface area contributed by atoms with E-state index in [1.807, 2.05) is 0 Å². The van der Waals surface area contributed by atoms with E-state index in [9.17, 15) is 4.79 Å². The molecule has 18 heavy (non-hydrogen) atoms. The van der Waals surface area contributed by atoms with Gasteiger partial charge in [0.25, 0.3) is 5.91 Å². The lowest BCUT2D eigenvalue weighted by molar-refractivity contribution is 0.0993. The summed E-state index contributed by atoms with van der Waals surface area (Å²) in [4.78, 5) is 13.8. The Morgan fingerprint density at radius 1 is 1.06 bits per heavy atom. The molecule has 1 amide bonds. The van der Waals surface area contributed by atoms with Gasteiger partial charge in [0.1, 0.15) is 0 Å². The van der Waals surface area contributed by atoms with E-state index in [-0.39, 0.29) is 5.91 Å². The van der Waals surface area contributed by atoms with Gasteiger partial charge < -0.3 is 10.6 Å². The lowest BCUT2D eigenvalue weighted by atomic mass is 10.1. The van der Waals surface area contributed by atoms with Crippen LogP contribution in [0.1, 0.15) is 10.4 Å². The molecule has 0 radical (unpaired) electrons. The van der Waals surface area contributed by atoms with Crippen molar-refractivity contribution < 1.29 is 4.79 Å². The number of nitrogen functional groups attached to an aromatic ring is 1. The zero-order valence-corrected chi connectivity index (χ0v) is 10.7. The normalized spacial score (nSPS) is 10.1. The third-order valence-corrected chi connectivity index (χ3v) is 2.93. The summed E-state index contributed by atoms with van der Waals surface area (Å²) in [7, 11) is 1.72. The van der Waals surface area contributed by atoms with Gasteiger partial charge in [-0.2, -0.15) is 0 Å². The first-order chi connectivity index (χ1) is 8.58. The summed E-state index contributed by atoms with van der Waals surface area (Å²) in [5, 5.41) is 0.645. The van der Waals surface area contributed by atoms with Crippen LogP contribution in [0.4, 0.5) is 11.4 Å². The molecule has 0 unspecified atom stereocenters. The van der Waals surface area contributed by atoms with E-state index in [1.165, 1.54) is 0 Å². The fourth-order valence-corrected chi connectivity index (χ4v) is 1.73. The Morgan fingerprint density at radius 2 is 1.61 bits per heavy atom. The third kappa shape index (κ3) is 2.63. The maximum atomic E-state index is 12.2. The highest BCUT2D eigenvalue weighted by Crippen LogP contribution is 2.19. The number of hydrogen-bond donors (Lipinski definition) is 1. The Bertz CT molecular complexity index is 549. The van der Waals surface area contributed by atoms with E-state index in [1.54, 1.807) is 60.5 Å². The van der Waals surface area contributed by atoms with E-state index in [0.29, 0.717) is 16.3 Å². The van der Waals surface area contributed by atoms with Gasteiger partial charge in [0.15, 0.2) is 0 Å². The van der Waals surface area contributed by atoms with Gasteiger partial charge in [-0.3, -0.25) is 4.79 Å². The van der Waals surface area contributed by atoms with Crippen molar-refractivity contribution in [2.24, 2.45) is 0 Å². The standard InChI is InChI=1S/C14H13ClN2O/c1-17(13-8-4-11(15)5-9-13)14(18)10-2-6-12(16)7-3-10/h2-9H,16H2,1H3. The van der Waals surface area contributed by atoms with E-state index in [0.717, 1.165) is 5.69 Å². The number of anilines is 2. The second kappa shape index (κ2) is 5.10. The fraction of sp³-hybridized carbons (Fsp3) is 0.0714. The van der Waals surface area contributed by atoms with Crippen LogP contribution in [0, 0.1) is 0 Å². The van der Waals surface area contributed by atoms with Crippen LogP contribution in [-0.2, 0) is 0 Å². The summed E-state index contributed by atoms with van der Waals surface area (Å²) in [6.07, 6.45) is 0. The van der Waals surface area contributed by atoms with E-state index >= 15 is 0 Å². The molecular formula is C14H13ClN2O. The van der Waals surface area contributed by atoms with Crippen LogP contribution in [0.2, 0.25) is 5.02 Å². The average molecular weight is 261 g/mol. The smallest absolute Gasteiger partial charge is 0.258 e. The Hall–Kier alpha value is -2.00. The highest BCUT2D eigenvalue weighted by atomic mass is 35.5. The molecule has 2 N–H and O–H groups in total. The Labute approximate surface area is 111 Å². The minimum atomic E-state index is -0.0858. The predicted octanol–water partition coefficient (Wildman–Crippen LogP) is 3.20. The van der Waals surface area contributed by atoms with Crippen molar-refractivity contribution in [1.29, 1.82) is 0 Å². The monoisotopic (exact) mass is 260 g/mol. The van der Waals surface area contributed by atoms with Gasteiger partial charge in [0, 0.05) is 29.0 Å². The first-order valence-corrected chi connectivity index (χ1v) is 5.85. The molecule has 0 aliphatic rings. The molecule has 2 rings (SSSR count). The molecule has 0 atom stereocenters. The SMILES string of the molecule is CN(C(=O)c1ccc(N)cc1)c1ccc(Cl)cc1. The van der Waals surface area contributed by atoms with Gasteiger partial charge in [-0.25, -0.2) is 0 Å². The van der Waals surface area contributed by atoms with Crippen LogP contribution < -0.4 is 10.6 Å². The number of nitrogens with two attached hydrogens (primary N) is 1. The summed E-state index contributed by atoms with van der Waals surface area (Å²) >= 11 is 5.81. The minimum Gasteiger partial charge on any atom is -0.399 e. The Balaban J connectivity index is 2.23. The van der Waals surface area contributed by atoms with Crippen LogP contribution in [0.5, 0.6) is 0 Å². The molecule has 0 aromatic heterocycles. The number of carbonyl (C=O) groups excluding carboxylic acids is 1. The maximum absolute atomic E-state index is 12.2. The molecule has 0 saturated heterocycles. The third-order valence-electron chi connectivity index (χ3n) is 2.68. The van der Waals surface area contributed by atoms with Crippen molar-refractivity contribution in [3.8, 4) is 0 Å². The zero-order valence-electron chi connectivity index (χ0n) is 9.93. The van der Waals surface area contributed by atoms with Crippen LogP contribution >= 0.6 is 11.6 Å². The quantitative estimate of drug-likeness (QED) is 0.843. The first kappa shape index (κ1) is 12.5. The van der Waals surface area contributed by atoms with Crippen molar-refractivity contribution in [2.45, 2.75) is 0 Å². The molecule has 4 heteroatoms. The van der Waals surface area contributed by atoms with Crippen LogP contribution in [-0.4, -0.2) is 13.0 Å². The molecule has 92 valence electrons. The fourth-order valence-electron chi connectivity index (χ4n) is 1.60. The lowest BCUT2D eigenvalue weighted by Crippen LogP contribution is -2.26. The number of rotatable bonds is 2. The molecule has 0 heterocycles. The van der Waals surface area contributed by atoms with Crippen molar-refractivity contribution in [1.82, 2.24) is 0 Å². The second-order valence-electron chi connectivity index (χ2n) is 3.96. The molecule has 0 bridgehead atoms. The number of amides is 1. The number of nitrogens with zero attached hydrogens (tertiary/aromatic N) is 1. The van der Waals surface area contributed by atoms with Gasteiger partial charge in [-0.1, -0.05) is 11.6 Å². The zero-order chi connectivity index (χ0) is 13.1. The van der Waals surface area contributed by atoms with Crippen molar-refractivity contribution in [2.75, 3.05) is 17.7 Å². The van der Waals surface area contributed by atoms with Crippen molar-refractivity contribution >= 4 is 28.9 Å². The predicted molar refractivity (Wildman–Crippen MR) is 75.0 cm³/mol. The molecule has 0 fully saturated rings. The molecule has 0 aliphatic heterocycles. The molecule has 3 nitrogen and oxygen atoms in total. The van der Waals surface area contributed by atoms with Gasteiger partial charge in [-0.05, 0) is 48.5 Å². The Kier molecular flexibility index (Phi) is 3.53. The highest BCUT2D eigenvalue weighted by Gasteiger charge is 2.12. The average Bonchev–Trinajstić information content (AvgIpc) is 2.39. The van der Waals surface area contributed by atoms with Crippen LogP contribution in [0.25, 0.3) is 0 Å². The van der Waals surface area contributed by atoms with Gasteiger partial charge in [0.2, 0.25) is 0 Å². The molecule has 0 spiro atoms. The van der Waals surface area contributed by atoms with Gasteiger partial charge in [0.05, 0.1) is 0 Å². The number of halogens is 1. The van der Waals surface area contributed by atoms with E-state index in [4.69, 9.17) is 17.3 Å². The molecule has 0 aliphatic carbocycles. The lowest BCUT2D eigenvalue weighted by Gasteiger charge is -2.17. The van der Waals surface area contributed by atoms with E-state index < -0.39 is 0 Å². The van der Waals surface area contributed by atoms with Crippen LogP contribution in [0.15, 0.2) is 48.5 Å². The number of hydrogen-bond acceptors (Lipinski definition) is 2. The van der Waals surface area contributed by atoms with Gasteiger partial charge in [-0.15, -0.1) is 0 Å². The summed E-state index contributed by atoms with van der Waals surface area (Å²) in [6.45, 7) is 0. The first-order valence-electron chi connectivity index (χ1n) is 5.47.